The summed E-state index contributed by atoms with van der Waals surface area (Å²) in [5.74, 6) is 0. The molecular formula is C28H41NO4. The fourth-order valence-corrected chi connectivity index (χ4v) is 4.32. The van der Waals surface area contributed by atoms with Gasteiger partial charge >= 0.3 is 0 Å². The summed E-state index contributed by atoms with van der Waals surface area (Å²) in [4.78, 5) is 2.35. The third-order valence-corrected chi connectivity index (χ3v) is 6.29. The Morgan fingerprint density at radius 2 is 1.48 bits per heavy atom. The number of hydrogen-bond acceptors (Lipinski definition) is 5. The van der Waals surface area contributed by atoms with Crippen molar-refractivity contribution in [3.05, 3.63) is 71.8 Å². The summed E-state index contributed by atoms with van der Waals surface area (Å²) < 4.78 is 18.7. The van der Waals surface area contributed by atoms with Crippen LogP contribution in [0.3, 0.4) is 0 Å². The molecule has 1 fully saturated rings. The molecule has 0 bridgehead atoms. The second-order valence-electron chi connectivity index (χ2n) is 8.93. The van der Waals surface area contributed by atoms with Crippen LogP contribution in [0.2, 0.25) is 0 Å². The van der Waals surface area contributed by atoms with Crippen molar-refractivity contribution >= 4 is 0 Å². The average molecular weight is 456 g/mol. The van der Waals surface area contributed by atoms with Gasteiger partial charge in [-0.25, -0.2) is 0 Å². The largest absolute Gasteiger partial charge is 0.389 e. The number of nitrogens with zero attached hydrogens (tertiary/aromatic N) is 1. The van der Waals surface area contributed by atoms with E-state index in [1.54, 1.807) is 0 Å². The Morgan fingerprint density at radius 1 is 0.848 bits per heavy atom. The smallest absolute Gasteiger partial charge is 0.113 e. The van der Waals surface area contributed by atoms with E-state index in [1.807, 2.05) is 36.4 Å². The molecule has 5 nitrogen and oxygen atoms in total. The minimum atomic E-state index is -0.679. The average Bonchev–Trinajstić information content (AvgIpc) is 2.85. The molecule has 0 unspecified atom stereocenters. The quantitative estimate of drug-likeness (QED) is 0.414. The SMILES string of the molecule is CCCCO[C@H]1CN(CCCC)[C@H](COCc2ccccc2)[C@H](O)[C@@H]1OCc1ccccc1. The molecule has 182 valence electrons. The molecular weight excluding hydrogens is 414 g/mol. The molecule has 1 aliphatic heterocycles. The highest BCUT2D eigenvalue weighted by Gasteiger charge is 2.44. The molecule has 0 spiro atoms. The fourth-order valence-electron chi connectivity index (χ4n) is 4.32. The van der Waals surface area contributed by atoms with E-state index in [0.29, 0.717) is 26.4 Å². The molecule has 0 radical (unpaired) electrons. The van der Waals surface area contributed by atoms with Crippen LogP contribution in [0.5, 0.6) is 0 Å². The Balaban J connectivity index is 1.69. The van der Waals surface area contributed by atoms with Gasteiger partial charge in [-0.05, 0) is 30.5 Å². The maximum Gasteiger partial charge on any atom is 0.113 e. The van der Waals surface area contributed by atoms with Crippen LogP contribution in [-0.2, 0) is 27.4 Å². The maximum absolute atomic E-state index is 11.5. The normalized spacial score (nSPS) is 23.6. The van der Waals surface area contributed by atoms with Crippen LogP contribution in [0.1, 0.15) is 50.7 Å². The van der Waals surface area contributed by atoms with Gasteiger partial charge in [0, 0.05) is 13.2 Å². The van der Waals surface area contributed by atoms with Gasteiger partial charge in [0.1, 0.15) is 12.2 Å². The van der Waals surface area contributed by atoms with Crippen molar-refractivity contribution in [1.82, 2.24) is 4.90 Å². The Morgan fingerprint density at radius 3 is 2.12 bits per heavy atom. The number of unbranched alkanes of at least 4 members (excludes halogenated alkanes) is 2. The number of benzene rings is 2. The molecule has 0 saturated carbocycles. The summed E-state index contributed by atoms with van der Waals surface area (Å²) in [6.45, 7) is 8.19. The minimum Gasteiger partial charge on any atom is -0.389 e. The van der Waals surface area contributed by atoms with E-state index < -0.39 is 6.10 Å². The fraction of sp³-hybridized carbons (Fsp3) is 0.571. The van der Waals surface area contributed by atoms with Crippen molar-refractivity contribution < 1.29 is 19.3 Å². The molecule has 1 aliphatic rings. The van der Waals surface area contributed by atoms with E-state index in [2.05, 4.69) is 43.0 Å². The predicted octanol–water partition coefficient (Wildman–Crippen LogP) is 4.82. The van der Waals surface area contributed by atoms with E-state index in [-0.39, 0.29) is 18.2 Å². The minimum absolute atomic E-state index is 0.118. The monoisotopic (exact) mass is 455 g/mol. The first-order valence-electron chi connectivity index (χ1n) is 12.5. The molecule has 4 atom stereocenters. The van der Waals surface area contributed by atoms with E-state index in [4.69, 9.17) is 14.2 Å². The molecule has 0 aliphatic carbocycles. The van der Waals surface area contributed by atoms with E-state index in [1.165, 1.54) is 0 Å². The van der Waals surface area contributed by atoms with Gasteiger partial charge < -0.3 is 19.3 Å². The molecule has 1 heterocycles. The first-order chi connectivity index (χ1) is 16.2. The van der Waals surface area contributed by atoms with Crippen LogP contribution in [0, 0.1) is 0 Å². The number of ether oxygens (including phenoxy) is 3. The Bertz CT molecular complexity index is 757. The zero-order valence-corrected chi connectivity index (χ0v) is 20.3. The van der Waals surface area contributed by atoms with Gasteiger partial charge in [0.2, 0.25) is 0 Å². The van der Waals surface area contributed by atoms with Crippen LogP contribution in [0.15, 0.2) is 60.7 Å². The van der Waals surface area contributed by atoms with Crippen molar-refractivity contribution in [1.29, 1.82) is 0 Å². The zero-order valence-electron chi connectivity index (χ0n) is 20.3. The predicted molar refractivity (Wildman–Crippen MR) is 132 cm³/mol. The summed E-state index contributed by atoms with van der Waals surface area (Å²) >= 11 is 0. The van der Waals surface area contributed by atoms with Crippen LogP contribution < -0.4 is 0 Å². The Hall–Kier alpha value is -1.76. The number of piperidine rings is 1. The standard InChI is InChI=1S/C28H41NO4/c1-3-5-17-29-19-26(32-18-6-4-2)28(33-21-24-15-11-8-12-16-24)27(30)25(29)22-31-20-23-13-9-7-10-14-23/h7-16,25-28,30H,3-6,17-22H2,1-2H3/t25-,26+,27+,28-/m1/s1. The van der Waals surface area contributed by atoms with Gasteiger partial charge in [0.15, 0.2) is 0 Å². The molecule has 2 aromatic carbocycles. The van der Waals surface area contributed by atoms with Crippen molar-refractivity contribution in [3.8, 4) is 0 Å². The van der Waals surface area contributed by atoms with Crippen molar-refractivity contribution in [3.63, 3.8) is 0 Å². The number of hydrogen-bond donors (Lipinski definition) is 1. The van der Waals surface area contributed by atoms with E-state index in [0.717, 1.165) is 49.9 Å². The van der Waals surface area contributed by atoms with E-state index >= 15 is 0 Å². The lowest BCUT2D eigenvalue weighted by atomic mass is 9.93. The summed E-state index contributed by atoms with van der Waals surface area (Å²) in [5.41, 5.74) is 2.24. The van der Waals surface area contributed by atoms with Crippen molar-refractivity contribution in [2.24, 2.45) is 0 Å². The first kappa shape index (κ1) is 25.9. The molecule has 3 rings (SSSR count). The van der Waals surface area contributed by atoms with Gasteiger partial charge in [-0.1, -0.05) is 87.4 Å². The highest BCUT2D eigenvalue weighted by molar-refractivity contribution is 5.14. The summed E-state index contributed by atoms with van der Waals surface area (Å²) in [7, 11) is 0. The molecule has 1 saturated heterocycles. The Kier molecular flexibility index (Phi) is 11.4. The van der Waals surface area contributed by atoms with Crippen LogP contribution in [0.25, 0.3) is 0 Å². The Labute approximate surface area is 199 Å². The highest BCUT2D eigenvalue weighted by Crippen LogP contribution is 2.26. The number of aliphatic hydroxyl groups is 1. The second-order valence-corrected chi connectivity index (χ2v) is 8.93. The zero-order chi connectivity index (χ0) is 23.3. The van der Waals surface area contributed by atoms with Gasteiger partial charge in [0.05, 0.1) is 32.0 Å². The lowest BCUT2D eigenvalue weighted by Crippen LogP contribution is -2.64. The van der Waals surface area contributed by atoms with Crippen LogP contribution >= 0.6 is 0 Å². The number of likely N-dealkylation sites (tertiary alicyclic amines) is 1. The summed E-state index contributed by atoms with van der Waals surface area (Å²) in [6.07, 6.45) is 3.07. The van der Waals surface area contributed by atoms with Gasteiger partial charge in [-0.15, -0.1) is 0 Å². The summed E-state index contributed by atoms with van der Waals surface area (Å²) in [6, 6.07) is 20.2. The van der Waals surface area contributed by atoms with Crippen molar-refractivity contribution in [2.45, 2.75) is 77.1 Å². The third kappa shape index (κ3) is 8.20. The number of aliphatic hydroxyl groups excluding tert-OH is 1. The second kappa shape index (κ2) is 14.5. The van der Waals surface area contributed by atoms with Crippen molar-refractivity contribution in [2.75, 3.05) is 26.3 Å². The van der Waals surface area contributed by atoms with Gasteiger partial charge in [-0.3, -0.25) is 4.90 Å². The topological polar surface area (TPSA) is 51.2 Å². The molecule has 0 aromatic heterocycles. The number of rotatable bonds is 14. The molecule has 1 N–H and O–H groups in total. The highest BCUT2D eigenvalue weighted by atomic mass is 16.6. The molecule has 0 amide bonds. The van der Waals surface area contributed by atoms with Gasteiger partial charge in [-0.2, -0.15) is 0 Å². The van der Waals surface area contributed by atoms with Crippen LogP contribution in [-0.4, -0.2) is 60.7 Å². The van der Waals surface area contributed by atoms with E-state index in [9.17, 15) is 5.11 Å². The van der Waals surface area contributed by atoms with Crippen LogP contribution in [0.4, 0.5) is 0 Å². The summed E-state index contributed by atoms with van der Waals surface area (Å²) in [5, 5.41) is 11.5. The third-order valence-electron chi connectivity index (χ3n) is 6.29. The molecule has 33 heavy (non-hydrogen) atoms. The lowest BCUT2D eigenvalue weighted by Gasteiger charge is -2.46. The maximum atomic E-state index is 11.5. The molecule has 2 aromatic rings. The lowest BCUT2D eigenvalue weighted by molar-refractivity contribution is -0.190. The molecule has 5 heteroatoms. The van der Waals surface area contributed by atoms with Gasteiger partial charge in [0.25, 0.3) is 0 Å². The first-order valence-corrected chi connectivity index (χ1v) is 12.5.